The third-order valence-electron chi connectivity index (χ3n) is 3.97. The zero-order valence-corrected chi connectivity index (χ0v) is 14.7. The first-order valence-electron chi connectivity index (χ1n) is 7.57. The van der Waals surface area contributed by atoms with Crippen molar-refractivity contribution in [3.8, 4) is 5.75 Å². The van der Waals surface area contributed by atoms with Gasteiger partial charge in [-0.25, -0.2) is 0 Å². The molecule has 1 atom stereocenters. The van der Waals surface area contributed by atoms with Crippen molar-refractivity contribution < 1.29 is 14.3 Å². The molecule has 24 heavy (non-hydrogen) atoms. The van der Waals surface area contributed by atoms with E-state index < -0.39 is 0 Å². The lowest BCUT2D eigenvalue weighted by atomic mass is 10.1. The molecule has 6 heteroatoms. The van der Waals surface area contributed by atoms with Crippen molar-refractivity contribution in [1.82, 2.24) is 0 Å². The Morgan fingerprint density at radius 2 is 2.00 bits per heavy atom. The van der Waals surface area contributed by atoms with Crippen molar-refractivity contribution in [3.63, 3.8) is 0 Å². The fraction of sp³-hybridized carbons (Fsp3) is 0.222. The fourth-order valence-electron chi connectivity index (χ4n) is 2.71. The molecular formula is C18H17BrN2O3. The molecule has 1 aliphatic rings. The van der Waals surface area contributed by atoms with Crippen LogP contribution in [-0.4, -0.2) is 25.5 Å². The normalized spacial score (nSPS) is 17.0. The Kier molecular flexibility index (Phi) is 4.85. The van der Waals surface area contributed by atoms with Gasteiger partial charge in [0.05, 0.1) is 13.0 Å². The molecule has 2 aromatic carbocycles. The van der Waals surface area contributed by atoms with Crippen LogP contribution in [0.15, 0.2) is 53.0 Å². The van der Waals surface area contributed by atoms with Crippen molar-refractivity contribution in [3.05, 3.63) is 53.0 Å². The van der Waals surface area contributed by atoms with Crippen LogP contribution in [0, 0.1) is 5.92 Å². The Labute approximate surface area is 148 Å². The number of anilines is 2. The van der Waals surface area contributed by atoms with Crippen LogP contribution in [0.3, 0.4) is 0 Å². The number of amides is 2. The van der Waals surface area contributed by atoms with E-state index in [9.17, 15) is 9.59 Å². The summed E-state index contributed by atoms with van der Waals surface area (Å²) in [6, 6.07) is 14.6. The van der Waals surface area contributed by atoms with Gasteiger partial charge < -0.3 is 15.0 Å². The summed E-state index contributed by atoms with van der Waals surface area (Å²) in [5.41, 5.74) is 1.49. The van der Waals surface area contributed by atoms with Crippen LogP contribution >= 0.6 is 15.9 Å². The molecule has 1 fully saturated rings. The van der Waals surface area contributed by atoms with E-state index in [2.05, 4.69) is 21.2 Å². The standard InChI is InChI=1S/C18H17BrN2O3/c1-24-16-7-5-15(6-8-16)21-11-12(9-17(21)22)18(23)20-14-4-2-3-13(19)10-14/h2-8,10,12H,9,11H2,1H3,(H,20,23)/t12-/m0/s1. The van der Waals surface area contributed by atoms with Gasteiger partial charge >= 0.3 is 0 Å². The molecule has 0 aromatic heterocycles. The molecule has 0 unspecified atom stereocenters. The number of methoxy groups -OCH3 is 1. The second-order valence-corrected chi connectivity index (χ2v) is 6.52. The van der Waals surface area contributed by atoms with Crippen LogP contribution in [0.4, 0.5) is 11.4 Å². The van der Waals surface area contributed by atoms with Crippen molar-refractivity contribution in [1.29, 1.82) is 0 Å². The van der Waals surface area contributed by atoms with E-state index in [1.165, 1.54) is 0 Å². The molecule has 5 nitrogen and oxygen atoms in total. The van der Waals surface area contributed by atoms with Crippen molar-refractivity contribution >= 4 is 39.1 Å². The van der Waals surface area contributed by atoms with Gasteiger partial charge in [0.15, 0.2) is 0 Å². The number of nitrogens with one attached hydrogen (secondary N) is 1. The van der Waals surface area contributed by atoms with Gasteiger partial charge in [-0.05, 0) is 42.5 Å². The molecular weight excluding hydrogens is 372 g/mol. The highest BCUT2D eigenvalue weighted by Gasteiger charge is 2.35. The highest BCUT2D eigenvalue weighted by atomic mass is 79.9. The lowest BCUT2D eigenvalue weighted by Gasteiger charge is -2.17. The van der Waals surface area contributed by atoms with Gasteiger partial charge in [-0.15, -0.1) is 0 Å². The number of hydrogen-bond acceptors (Lipinski definition) is 3. The quantitative estimate of drug-likeness (QED) is 0.872. The second-order valence-electron chi connectivity index (χ2n) is 5.60. The largest absolute Gasteiger partial charge is 0.497 e. The molecule has 1 heterocycles. The highest BCUT2D eigenvalue weighted by molar-refractivity contribution is 9.10. The van der Waals surface area contributed by atoms with Crippen LogP contribution in [-0.2, 0) is 9.59 Å². The van der Waals surface area contributed by atoms with Crippen LogP contribution < -0.4 is 15.0 Å². The Hall–Kier alpha value is -2.34. The summed E-state index contributed by atoms with van der Waals surface area (Å²) in [6.07, 6.45) is 0.214. The van der Waals surface area contributed by atoms with E-state index in [4.69, 9.17) is 4.74 Å². The topological polar surface area (TPSA) is 58.6 Å². The first kappa shape index (κ1) is 16.5. The van der Waals surface area contributed by atoms with Crippen molar-refractivity contribution in [2.45, 2.75) is 6.42 Å². The number of carbonyl (C=O) groups is 2. The van der Waals surface area contributed by atoms with E-state index in [1.54, 1.807) is 24.1 Å². The monoisotopic (exact) mass is 388 g/mol. The highest BCUT2D eigenvalue weighted by Crippen LogP contribution is 2.27. The van der Waals surface area contributed by atoms with E-state index in [0.717, 1.165) is 15.9 Å². The smallest absolute Gasteiger partial charge is 0.229 e. The maximum atomic E-state index is 12.4. The Morgan fingerprint density at radius 1 is 1.25 bits per heavy atom. The fourth-order valence-corrected chi connectivity index (χ4v) is 3.10. The van der Waals surface area contributed by atoms with Gasteiger partial charge in [0.25, 0.3) is 0 Å². The number of carbonyl (C=O) groups excluding carboxylic acids is 2. The van der Waals surface area contributed by atoms with Crippen LogP contribution in [0.2, 0.25) is 0 Å². The van der Waals surface area contributed by atoms with E-state index in [0.29, 0.717) is 12.2 Å². The molecule has 2 aromatic rings. The van der Waals surface area contributed by atoms with Gasteiger partial charge in [-0.3, -0.25) is 9.59 Å². The summed E-state index contributed by atoms with van der Waals surface area (Å²) >= 11 is 3.37. The average Bonchev–Trinajstić information content (AvgIpc) is 2.97. The minimum absolute atomic E-state index is 0.0467. The SMILES string of the molecule is COc1ccc(N2C[C@@H](C(=O)Nc3cccc(Br)c3)CC2=O)cc1. The summed E-state index contributed by atoms with van der Waals surface area (Å²) in [6.45, 7) is 0.380. The number of benzene rings is 2. The van der Waals surface area contributed by atoms with Crippen LogP contribution in [0.1, 0.15) is 6.42 Å². The molecule has 2 amide bonds. The van der Waals surface area contributed by atoms with Gasteiger partial charge in [0.1, 0.15) is 5.75 Å². The predicted molar refractivity (Wildman–Crippen MR) is 96.2 cm³/mol. The summed E-state index contributed by atoms with van der Waals surface area (Å²) in [7, 11) is 1.60. The number of halogens is 1. The van der Waals surface area contributed by atoms with Crippen molar-refractivity contribution in [2.24, 2.45) is 5.92 Å². The minimum atomic E-state index is -0.362. The Balaban J connectivity index is 1.68. The number of rotatable bonds is 4. The predicted octanol–water partition coefficient (Wildman–Crippen LogP) is 3.45. The third kappa shape index (κ3) is 3.59. The summed E-state index contributed by atoms with van der Waals surface area (Å²) < 4.78 is 6.01. The molecule has 3 rings (SSSR count). The maximum Gasteiger partial charge on any atom is 0.229 e. The molecule has 0 bridgehead atoms. The molecule has 124 valence electrons. The summed E-state index contributed by atoms with van der Waals surface area (Å²) in [5, 5.41) is 2.87. The van der Waals surface area contributed by atoms with Gasteiger partial charge in [0, 0.05) is 28.8 Å². The number of nitrogens with zero attached hydrogens (tertiary/aromatic N) is 1. The summed E-state index contributed by atoms with van der Waals surface area (Å²) in [5.74, 6) is 0.181. The molecule has 0 aliphatic carbocycles. The molecule has 1 aliphatic heterocycles. The molecule has 0 spiro atoms. The van der Waals surface area contributed by atoms with E-state index in [-0.39, 0.29) is 24.2 Å². The van der Waals surface area contributed by atoms with E-state index >= 15 is 0 Å². The number of ether oxygens (including phenoxy) is 1. The van der Waals surface area contributed by atoms with Gasteiger partial charge in [0.2, 0.25) is 11.8 Å². The lowest BCUT2D eigenvalue weighted by Crippen LogP contribution is -2.28. The Bertz CT molecular complexity index is 761. The van der Waals surface area contributed by atoms with Gasteiger partial charge in [-0.1, -0.05) is 22.0 Å². The zero-order chi connectivity index (χ0) is 17.1. The molecule has 1 N–H and O–H groups in total. The third-order valence-corrected chi connectivity index (χ3v) is 4.47. The van der Waals surface area contributed by atoms with Crippen LogP contribution in [0.25, 0.3) is 0 Å². The lowest BCUT2D eigenvalue weighted by molar-refractivity contribution is -0.122. The van der Waals surface area contributed by atoms with Crippen molar-refractivity contribution in [2.75, 3.05) is 23.9 Å². The van der Waals surface area contributed by atoms with Crippen LogP contribution in [0.5, 0.6) is 5.75 Å². The average molecular weight is 389 g/mol. The number of hydrogen-bond donors (Lipinski definition) is 1. The zero-order valence-electron chi connectivity index (χ0n) is 13.2. The van der Waals surface area contributed by atoms with E-state index in [1.807, 2.05) is 36.4 Å². The Morgan fingerprint density at radius 3 is 2.67 bits per heavy atom. The molecule has 0 saturated carbocycles. The first-order chi connectivity index (χ1) is 11.6. The maximum absolute atomic E-state index is 12.4. The minimum Gasteiger partial charge on any atom is -0.497 e. The van der Waals surface area contributed by atoms with Gasteiger partial charge in [-0.2, -0.15) is 0 Å². The second kappa shape index (κ2) is 7.05. The first-order valence-corrected chi connectivity index (χ1v) is 8.37. The summed E-state index contributed by atoms with van der Waals surface area (Å²) in [4.78, 5) is 26.3. The molecule has 1 saturated heterocycles. The molecule has 0 radical (unpaired) electrons.